The molecule has 0 aromatic heterocycles. The van der Waals surface area contributed by atoms with Gasteiger partial charge in [0.1, 0.15) is 5.25 Å². The maximum Gasteiger partial charge on any atom is 0.319 e. The van der Waals surface area contributed by atoms with E-state index in [-0.39, 0.29) is 6.42 Å². The maximum absolute atomic E-state index is 10.1. The Morgan fingerprint density at radius 2 is 2.44 bits per heavy atom. The lowest BCUT2D eigenvalue weighted by Gasteiger charge is -2.01. The van der Waals surface area contributed by atoms with Crippen molar-refractivity contribution < 1.29 is 14.5 Å². The van der Waals surface area contributed by atoms with Crippen molar-refractivity contribution in [1.29, 1.82) is 0 Å². The first-order valence-electron chi connectivity index (χ1n) is 2.36. The summed E-state index contributed by atoms with van der Waals surface area (Å²) in [4.78, 5) is 10.1. The van der Waals surface area contributed by atoms with Gasteiger partial charge in [-0.1, -0.05) is 6.08 Å². The molecular formula is C5H8O3S. The van der Waals surface area contributed by atoms with Crippen LogP contribution in [0.1, 0.15) is 6.42 Å². The summed E-state index contributed by atoms with van der Waals surface area (Å²) in [6.45, 7) is 3.34. The molecular weight excluding hydrogens is 140 g/mol. The number of hydrogen-bond donors (Lipinski definition) is 2. The second-order valence-electron chi connectivity index (χ2n) is 1.46. The van der Waals surface area contributed by atoms with Gasteiger partial charge >= 0.3 is 5.97 Å². The third-order valence-electron chi connectivity index (χ3n) is 0.783. The summed E-state index contributed by atoms with van der Waals surface area (Å²) < 4.78 is 8.32. The molecule has 0 aliphatic rings. The van der Waals surface area contributed by atoms with Gasteiger partial charge in [-0.3, -0.25) is 4.79 Å². The average molecular weight is 148 g/mol. The van der Waals surface area contributed by atoms with Crippen LogP contribution in [0.5, 0.6) is 0 Å². The van der Waals surface area contributed by atoms with Gasteiger partial charge in [0.2, 0.25) is 0 Å². The van der Waals surface area contributed by atoms with Crippen molar-refractivity contribution in [2.24, 2.45) is 0 Å². The SMILES string of the molecule is C=CCC(SO)C(=O)O. The number of carboxylic acids is 1. The monoisotopic (exact) mass is 148 g/mol. The Hall–Kier alpha value is -0.480. The summed E-state index contributed by atoms with van der Waals surface area (Å²) in [5.41, 5.74) is 0. The molecule has 3 nitrogen and oxygen atoms in total. The fraction of sp³-hybridized carbons (Fsp3) is 0.400. The molecule has 4 heteroatoms. The van der Waals surface area contributed by atoms with Crippen molar-refractivity contribution in [2.75, 3.05) is 0 Å². The second-order valence-corrected chi connectivity index (χ2v) is 2.24. The largest absolute Gasteiger partial charge is 0.480 e. The molecule has 0 spiro atoms. The first kappa shape index (κ1) is 8.52. The molecule has 52 valence electrons. The minimum Gasteiger partial charge on any atom is -0.480 e. The van der Waals surface area contributed by atoms with Crippen LogP contribution < -0.4 is 0 Å². The van der Waals surface area contributed by atoms with Crippen LogP contribution in [0.2, 0.25) is 0 Å². The number of aliphatic carboxylic acids is 1. The highest BCUT2D eigenvalue weighted by molar-refractivity contribution is 7.95. The van der Waals surface area contributed by atoms with E-state index in [1.807, 2.05) is 0 Å². The van der Waals surface area contributed by atoms with Gasteiger partial charge in [0.25, 0.3) is 0 Å². The Balaban J connectivity index is 3.67. The Morgan fingerprint density at radius 1 is 1.89 bits per heavy atom. The van der Waals surface area contributed by atoms with E-state index in [0.717, 1.165) is 0 Å². The van der Waals surface area contributed by atoms with Crippen LogP contribution in [0.3, 0.4) is 0 Å². The Kier molecular flexibility index (Phi) is 4.17. The zero-order chi connectivity index (χ0) is 7.28. The molecule has 2 N–H and O–H groups in total. The summed E-state index contributed by atoms with van der Waals surface area (Å²) in [7, 11) is 0. The van der Waals surface area contributed by atoms with E-state index >= 15 is 0 Å². The number of carboxylic acid groups (broad SMARTS) is 1. The van der Waals surface area contributed by atoms with Crippen LogP contribution in [0.15, 0.2) is 12.7 Å². The second kappa shape index (κ2) is 4.40. The van der Waals surface area contributed by atoms with Crippen molar-refractivity contribution >= 4 is 18.0 Å². The van der Waals surface area contributed by atoms with E-state index in [0.29, 0.717) is 12.0 Å². The van der Waals surface area contributed by atoms with Crippen LogP contribution in [-0.2, 0) is 4.79 Å². The summed E-state index contributed by atoms with van der Waals surface area (Å²) >= 11 is 0.332. The van der Waals surface area contributed by atoms with Crippen molar-refractivity contribution in [2.45, 2.75) is 11.7 Å². The molecule has 0 rings (SSSR count). The highest BCUT2D eigenvalue weighted by Crippen LogP contribution is 2.10. The van der Waals surface area contributed by atoms with Crippen molar-refractivity contribution in [3.8, 4) is 0 Å². The summed E-state index contributed by atoms with van der Waals surface area (Å²) in [5.74, 6) is -1.01. The van der Waals surface area contributed by atoms with Crippen molar-refractivity contribution in [1.82, 2.24) is 0 Å². The maximum atomic E-state index is 10.1. The number of allylic oxidation sites excluding steroid dienone is 1. The quantitative estimate of drug-likeness (QED) is 0.465. The van der Waals surface area contributed by atoms with Gasteiger partial charge in [0.05, 0.1) is 0 Å². The normalized spacial score (nSPS) is 12.6. The number of rotatable bonds is 4. The molecule has 0 aliphatic heterocycles. The number of hydrogen-bond acceptors (Lipinski definition) is 3. The van der Waals surface area contributed by atoms with Gasteiger partial charge in [-0.15, -0.1) is 6.58 Å². The smallest absolute Gasteiger partial charge is 0.319 e. The van der Waals surface area contributed by atoms with Gasteiger partial charge < -0.3 is 9.66 Å². The zero-order valence-corrected chi connectivity index (χ0v) is 5.60. The van der Waals surface area contributed by atoms with E-state index in [2.05, 4.69) is 6.58 Å². The molecule has 9 heavy (non-hydrogen) atoms. The first-order chi connectivity index (χ1) is 4.22. The third-order valence-corrected chi connectivity index (χ3v) is 1.43. The standard InChI is InChI=1S/C5H8O3S/c1-2-3-4(9-8)5(6)7/h2,4,8H,1,3H2,(H,6,7). The molecule has 0 saturated carbocycles. The summed E-state index contributed by atoms with van der Waals surface area (Å²) in [6, 6.07) is 0. The predicted molar refractivity (Wildman–Crippen MR) is 36.5 cm³/mol. The fourth-order valence-electron chi connectivity index (χ4n) is 0.340. The van der Waals surface area contributed by atoms with Gasteiger partial charge in [-0.05, 0) is 6.42 Å². The van der Waals surface area contributed by atoms with Gasteiger partial charge in [-0.25, -0.2) is 0 Å². The van der Waals surface area contributed by atoms with Crippen LogP contribution in [0, 0.1) is 0 Å². The summed E-state index contributed by atoms with van der Waals surface area (Å²) in [6.07, 6.45) is 1.75. The van der Waals surface area contributed by atoms with Gasteiger partial charge in [0, 0.05) is 12.0 Å². The van der Waals surface area contributed by atoms with Crippen LogP contribution in [0.25, 0.3) is 0 Å². The van der Waals surface area contributed by atoms with Gasteiger partial charge in [0.15, 0.2) is 0 Å². The molecule has 0 saturated heterocycles. The van der Waals surface area contributed by atoms with Gasteiger partial charge in [-0.2, -0.15) is 0 Å². The lowest BCUT2D eigenvalue weighted by molar-refractivity contribution is -0.136. The molecule has 0 radical (unpaired) electrons. The Morgan fingerprint density at radius 3 is 2.56 bits per heavy atom. The van der Waals surface area contributed by atoms with E-state index < -0.39 is 11.2 Å². The molecule has 0 aliphatic carbocycles. The molecule has 0 heterocycles. The molecule has 0 fully saturated rings. The average Bonchev–Trinajstić information content (AvgIpc) is 1.82. The highest BCUT2D eigenvalue weighted by Gasteiger charge is 2.14. The topological polar surface area (TPSA) is 57.5 Å². The third kappa shape index (κ3) is 3.16. The van der Waals surface area contributed by atoms with Crippen molar-refractivity contribution in [3.05, 3.63) is 12.7 Å². The molecule has 1 unspecified atom stereocenters. The molecule has 1 atom stereocenters. The van der Waals surface area contributed by atoms with Crippen LogP contribution in [0.4, 0.5) is 0 Å². The molecule has 0 aromatic carbocycles. The number of carbonyl (C=O) groups is 1. The van der Waals surface area contributed by atoms with E-state index in [1.165, 1.54) is 6.08 Å². The highest BCUT2D eigenvalue weighted by atomic mass is 32.2. The van der Waals surface area contributed by atoms with E-state index in [9.17, 15) is 4.79 Å². The minimum atomic E-state index is -1.01. The lowest BCUT2D eigenvalue weighted by Crippen LogP contribution is -2.14. The van der Waals surface area contributed by atoms with Crippen molar-refractivity contribution in [3.63, 3.8) is 0 Å². The zero-order valence-electron chi connectivity index (χ0n) is 4.78. The molecule has 0 aromatic rings. The fourth-order valence-corrected chi connectivity index (χ4v) is 0.653. The first-order valence-corrected chi connectivity index (χ1v) is 3.20. The predicted octanol–water partition coefficient (Wildman–Crippen LogP) is 1.22. The Bertz CT molecular complexity index is 113. The summed E-state index contributed by atoms with van der Waals surface area (Å²) in [5, 5.41) is 7.51. The van der Waals surface area contributed by atoms with Crippen LogP contribution >= 0.6 is 12.0 Å². The minimum absolute atomic E-state index is 0.288. The van der Waals surface area contributed by atoms with E-state index in [4.69, 9.17) is 9.66 Å². The van der Waals surface area contributed by atoms with Crippen LogP contribution in [-0.4, -0.2) is 20.9 Å². The lowest BCUT2D eigenvalue weighted by atomic mass is 10.3. The molecule has 0 amide bonds. The molecule has 0 bridgehead atoms. The Labute approximate surface area is 57.6 Å². The van der Waals surface area contributed by atoms with E-state index in [1.54, 1.807) is 0 Å².